The summed E-state index contributed by atoms with van der Waals surface area (Å²) in [6.45, 7) is 1.20. The van der Waals surface area contributed by atoms with E-state index in [1.54, 1.807) is 7.11 Å². The van der Waals surface area contributed by atoms with Crippen molar-refractivity contribution in [3.05, 3.63) is 47.5 Å². The molecule has 0 aromatic heterocycles. The molecule has 0 spiro atoms. The first-order chi connectivity index (χ1) is 14.1. The highest BCUT2D eigenvalue weighted by Crippen LogP contribution is 2.40. The number of anilines is 1. The van der Waals surface area contributed by atoms with E-state index in [2.05, 4.69) is 0 Å². The molecule has 0 bridgehead atoms. The predicted molar refractivity (Wildman–Crippen MR) is 114 cm³/mol. The number of benzene rings is 2. The molecule has 2 aromatic carbocycles. The van der Waals surface area contributed by atoms with Gasteiger partial charge in [0, 0.05) is 17.2 Å². The lowest BCUT2D eigenvalue weighted by molar-refractivity contribution is 0.0501. The highest BCUT2D eigenvalue weighted by atomic mass is 16.5. The van der Waals surface area contributed by atoms with Gasteiger partial charge in [0.25, 0.3) is 0 Å². The average Bonchev–Trinajstić information content (AvgIpc) is 2.75. The van der Waals surface area contributed by atoms with Gasteiger partial charge in [-0.2, -0.15) is 0 Å². The van der Waals surface area contributed by atoms with E-state index < -0.39 is 6.10 Å². The Hall–Kier alpha value is -2.40. The topological polar surface area (TPSA) is 73.9 Å². The molecular weight excluding hydrogens is 366 g/mol. The number of fused-ring (bicyclic) bond motifs is 1. The van der Waals surface area contributed by atoms with Crippen molar-refractivity contribution in [3.8, 4) is 17.2 Å². The molecule has 0 saturated heterocycles. The largest absolute Gasteiger partial charge is 0.496 e. The standard InChI is InChI=1S/C24H31NO4/c1-27-22-9-7-19(25)12-17(22)11-18-15-29-23-10-8-20(13-21(23)24(18)26)28-14-16-5-3-2-4-6-16/h7-10,12-13,16,18,24,26H,2-6,11,14-15,25H2,1H3/t18-,24-/m1/s1. The fraction of sp³-hybridized carbons (Fsp3) is 0.500. The quantitative estimate of drug-likeness (QED) is 0.701. The fourth-order valence-corrected chi connectivity index (χ4v) is 4.50. The number of nitrogen functional groups attached to an aromatic ring is 1. The maximum Gasteiger partial charge on any atom is 0.125 e. The third kappa shape index (κ3) is 4.61. The molecule has 1 aliphatic carbocycles. The fourth-order valence-electron chi connectivity index (χ4n) is 4.50. The minimum atomic E-state index is -0.622. The van der Waals surface area contributed by atoms with Gasteiger partial charge in [-0.3, -0.25) is 0 Å². The van der Waals surface area contributed by atoms with Gasteiger partial charge in [-0.15, -0.1) is 0 Å². The molecule has 3 N–H and O–H groups in total. The number of hydrogen-bond acceptors (Lipinski definition) is 5. The Bertz CT molecular complexity index is 832. The highest BCUT2D eigenvalue weighted by molar-refractivity contribution is 5.49. The maximum atomic E-state index is 11.0. The second-order valence-electron chi connectivity index (χ2n) is 8.31. The number of aliphatic hydroxyl groups is 1. The first kappa shape index (κ1) is 19.9. The van der Waals surface area contributed by atoms with Gasteiger partial charge in [-0.05, 0) is 67.1 Å². The molecule has 0 unspecified atom stereocenters. The van der Waals surface area contributed by atoms with E-state index in [1.165, 1.54) is 32.1 Å². The Kier molecular flexibility index (Phi) is 6.14. The smallest absolute Gasteiger partial charge is 0.125 e. The Morgan fingerprint density at radius 1 is 1.10 bits per heavy atom. The summed E-state index contributed by atoms with van der Waals surface area (Å²) in [6.07, 6.45) is 6.46. The van der Waals surface area contributed by atoms with E-state index in [0.29, 0.717) is 24.6 Å². The van der Waals surface area contributed by atoms with Crippen LogP contribution in [0.25, 0.3) is 0 Å². The number of aliphatic hydroxyl groups excluding tert-OH is 1. The van der Waals surface area contributed by atoms with Crippen molar-refractivity contribution in [1.29, 1.82) is 0 Å². The molecule has 2 aliphatic rings. The molecule has 4 rings (SSSR count). The molecule has 1 saturated carbocycles. The van der Waals surface area contributed by atoms with Gasteiger partial charge in [0.1, 0.15) is 17.2 Å². The van der Waals surface area contributed by atoms with E-state index in [9.17, 15) is 5.11 Å². The highest BCUT2D eigenvalue weighted by Gasteiger charge is 2.31. The lowest BCUT2D eigenvalue weighted by atomic mass is 9.87. The van der Waals surface area contributed by atoms with Crippen molar-refractivity contribution in [3.63, 3.8) is 0 Å². The molecule has 1 aliphatic heterocycles. The minimum Gasteiger partial charge on any atom is -0.496 e. The van der Waals surface area contributed by atoms with E-state index in [4.69, 9.17) is 19.9 Å². The Morgan fingerprint density at radius 2 is 1.93 bits per heavy atom. The van der Waals surface area contributed by atoms with E-state index in [0.717, 1.165) is 35.0 Å². The summed E-state index contributed by atoms with van der Waals surface area (Å²) >= 11 is 0. The van der Waals surface area contributed by atoms with Crippen LogP contribution < -0.4 is 19.9 Å². The molecule has 156 valence electrons. The molecule has 0 radical (unpaired) electrons. The van der Waals surface area contributed by atoms with Crippen molar-refractivity contribution >= 4 is 5.69 Å². The summed E-state index contributed by atoms with van der Waals surface area (Å²) < 4.78 is 17.5. The molecule has 29 heavy (non-hydrogen) atoms. The first-order valence-corrected chi connectivity index (χ1v) is 10.6. The summed E-state index contributed by atoms with van der Waals surface area (Å²) in [4.78, 5) is 0. The molecule has 2 aromatic rings. The van der Waals surface area contributed by atoms with Gasteiger partial charge in [0.05, 0.1) is 26.4 Å². The SMILES string of the molecule is COc1ccc(N)cc1C[C@@H]1COc2ccc(OCC3CCCCC3)cc2[C@@H]1O. The number of nitrogens with two attached hydrogens (primary N) is 1. The summed E-state index contributed by atoms with van der Waals surface area (Å²) in [5.74, 6) is 2.88. The second-order valence-corrected chi connectivity index (χ2v) is 8.31. The van der Waals surface area contributed by atoms with Crippen LogP contribution in [-0.4, -0.2) is 25.4 Å². The summed E-state index contributed by atoms with van der Waals surface area (Å²) in [6, 6.07) is 11.4. The number of ether oxygens (including phenoxy) is 3. The van der Waals surface area contributed by atoms with E-state index >= 15 is 0 Å². The Balaban J connectivity index is 1.46. The van der Waals surface area contributed by atoms with Crippen molar-refractivity contribution < 1.29 is 19.3 Å². The van der Waals surface area contributed by atoms with Crippen LogP contribution in [-0.2, 0) is 6.42 Å². The van der Waals surface area contributed by atoms with Gasteiger partial charge in [0.2, 0.25) is 0 Å². The van der Waals surface area contributed by atoms with Gasteiger partial charge in [-0.25, -0.2) is 0 Å². The van der Waals surface area contributed by atoms with Gasteiger partial charge in [0.15, 0.2) is 0 Å². The van der Waals surface area contributed by atoms with Gasteiger partial charge in [-0.1, -0.05) is 19.3 Å². The summed E-state index contributed by atoms with van der Waals surface area (Å²) in [5, 5.41) is 11.0. The zero-order valence-electron chi connectivity index (χ0n) is 17.1. The summed E-state index contributed by atoms with van der Waals surface area (Å²) in [5.41, 5.74) is 8.41. The third-order valence-corrected chi connectivity index (χ3v) is 6.20. The zero-order valence-corrected chi connectivity index (χ0v) is 17.1. The van der Waals surface area contributed by atoms with Crippen molar-refractivity contribution in [2.75, 3.05) is 26.1 Å². The third-order valence-electron chi connectivity index (χ3n) is 6.20. The second kappa shape index (κ2) is 8.95. The molecule has 5 nitrogen and oxygen atoms in total. The van der Waals surface area contributed by atoms with Crippen LogP contribution in [0.1, 0.15) is 49.3 Å². The van der Waals surface area contributed by atoms with Crippen LogP contribution in [0.15, 0.2) is 36.4 Å². The minimum absolute atomic E-state index is 0.0770. The Morgan fingerprint density at radius 3 is 2.72 bits per heavy atom. The van der Waals surface area contributed by atoms with Crippen molar-refractivity contribution in [2.24, 2.45) is 11.8 Å². The van der Waals surface area contributed by atoms with E-state index in [1.807, 2.05) is 36.4 Å². The van der Waals surface area contributed by atoms with Crippen LogP contribution in [0.2, 0.25) is 0 Å². The normalized spacial score (nSPS) is 21.9. The van der Waals surface area contributed by atoms with Crippen LogP contribution in [0.3, 0.4) is 0 Å². The van der Waals surface area contributed by atoms with Gasteiger partial charge >= 0.3 is 0 Å². The number of hydrogen-bond donors (Lipinski definition) is 2. The van der Waals surface area contributed by atoms with Crippen LogP contribution in [0.5, 0.6) is 17.2 Å². The van der Waals surface area contributed by atoms with Gasteiger partial charge < -0.3 is 25.1 Å². The Labute approximate surface area is 172 Å². The van der Waals surface area contributed by atoms with E-state index in [-0.39, 0.29) is 5.92 Å². The molecule has 1 heterocycles. The molecule has 2 atom stereocenters. The lowest BCUT2D eigenvalue weighted by Gasteiger charge is -2.31. The van der Waals surface area contributed by atoms with Crippen molar-refractivity contribution in [1.82, 2.24) is 0 Å². The summed E-state index contributed by atoms with van der Waals surface area (Å²) in [7, 11) is 1.65. The number of rotatable bonds is 6. The van der Waals surface area contributed by atoms with Crippen LogP contribution in [0.4, 0.5) is 5.69 Å². The van der Waals surface area contributed by atoms with Crippen LogP contribution >= 0.6 is 0 Å². The molecular formula is C24H31NO4. The first-order valence-electron chi connectivity index (χ1n) is 10.6. The van der Waals surface area contributed by atoms with Crippen molar-refractivity contribution in [2.45, 2.75) is 44.6 Å². The monoisotopic (exact) mass is 397 g/mol. The molecule has 5 heteroatoms. The lowest BCUT2D eigenvalue weighted by Crippen LogP contribution is -2.28. The maximum absolute atomic E-state index is 11.0. The van der Waals surface area contributed by atoms with Crippen LogP contribution in [0, 0.1) is 11.8 Å². The molecule has 0 amide bonds. The zero-order chi connectivity index (χ0) is 20.2. The number of methoxy groups -OCH3 is 1. The molecule has 1 fully saturated rings. The predicted octanol–water partition coefficient (Wildman–Crippen LogP) is 4.52. The average molecular weight is 398 g/mol.